The molecule has 8 nitrogen and oxygen atoms in total. The quantitative estimate of drug-likeness (QED) is 0.538. The Labute approximate surface area is 197 Å². The fourth-order valence-corrected chi connectivity index (χ4v) is 5.84. The van der Waals surface area contributed by atoms with Crippen LogP contribution in [-0.4, -0.2) is 41.8 Å². The first-order chi connectivity index (χ1) is 16.4. The lowest BCUT2D eigenvalue weighted by molar-refractivity contribution is -0.157. The van der Waals surface area contributed by atoms with Crippen LogP contribution >= 0.6 is 0 Å². The number of hydroxylamine groups is 1. The molecule has 34 heavy (non-hydrogen) atoms. The molecule has 2 bridgehead atoms. The first kappa shape index (κ1) is 22.4. The van der Waals surface area contributed by atoms with Gasteiger partial charge in [-0.25, -0.2) is 15.1 Å². The lowest BCUT2D eigenvalue weighted by Crippen LogP contribution is -2.59. The molecule has 0 aromatic heterocycles. The third kappa shape index (κ3) is 4.03. The number of carboxylic acids is 1. The van der Waals surface area contributed by atoms with E-state index < -0.39 is 24.1 Å². The molecule has 6 rings (SSSR count). The van der Waals surface area contributed by atoms with Crippen LogP contribution in [0.4, 0.5) is 4.79 Å². The van der Waals surface area contributed by atoms with E-state index in [-0.39, 0.29) is 24.0 Å². The summed E-state index contributed by atoms with van der Waals surface area (Å²) in [5.41, 5.74) is 6.07. The normalized spacial score (nSPS) is 24.7. The van der Waals surface area contributed by atoms with E-state index in [1.54, 1.807) is 0 Å². The molecule has 3 saturated carbocycles. The number of hydrogen-bond donors (Lipinski definition) is 3. The molecule has 3 fully saturated rings. The second-order valence-electron chi connectivity index (χ2n) is 9.62. The predicted octanol–water partition coefficient (Wildman–Crippen LogP) is 3.75. The maximum Gasteiger partial charge on any atom is 0.407 e. The highest BCUT2D eigenvalue weighted by molar-refractivity contribution is 5.83. The van der Waals surface area contributed by atoms with Gasteiger partial charge < -0.3 is 15.2 Å². The number of fused-ring (bicyclic) bond motifs is 6. The third-order valence-electron chi connectivity index (χ3n) is 7.80. The van der Waals surface area contributed by atoms with Crippen molar-refractivity contribution >= 4 is 18.0 Å². The Morgan fingerprint density at radius 1 is 0.882 bits per heavy atom. The molecule has 2 amide bonds. The molecule has 4 aliphatic carbocycles. The molecule has 0 atom stereocenters. The van der Waals surface area contributed by atoms with Crippen molar-refractivity contribution < 1.29 is 29.1 Å². The van der Waals surface area contributed by atoms with Crippen molar-refractivity contribution in [3.63, 3.8) is 0 Å². The lowest BCUT2D eigenvalue weighted by atomic mass is 9.57. The Morgan fingerprint density at radius 2 is 1.44 bits per heavy atom. The van der Waals surface area contributed by atoms with Crippen LogP contribution in [0.5, 0.6) is 0 Å². The largest absolute Gasteiger partial charge is 0.479 e. The van der Waals surface area contributed by atoms with Crippen molar-refractivity contribution in [2.24, 2.45) is 5.41 Å². The van der Waals surface area contributed by atoms with E-state index in [0.29, 0.717) is 38.5 Å². The minimum absolute atomic E-state index is 0.00973. The summed E-state index contributed by atoms with van der Waals surface area (Å²) in [6.07, 6.45) is 3.42. The molecule has 0 heterocycles. The zero-order chi connectivity index (χ0) is 23.8. The van der Waals surface area contributed by atoms with Gasteiger partial charge in [0.1, 0.15) is 6.61 Å². The number of carboxylic acid groups (broad SMARTS) is 1. The molecule has 2 aromatic carbocycles. The van der Waals surface area contributed by atoms with Gasteiger partial charge in [0, 0.05) is 11.5 Å². The first-order valence-electron chi connectivity index (χ1n) is 11.7. The number of amides is 2. The molecule has 8 heteroatoms. The summed E-state index contributed by atoms with van der Waals surface area (Å²) >= 11 is 0. The fraction of sp³-hybridized carbons (Fsp3) is 0.423. The summed E-state index contributed by atoms with van der Waals surface area (Å²) in [5, 5.41) is 11.8. The van der Waals surface area contributed by atoms with Gasteiger partial charge in [-0.15, -0.1) is 0 Å². The van der Waals surface area contributed by atoms with E-state index in [2.05, 4.69) is 35.1 Å². The zero-order valence-electron chi connectivity index (χ0n) is 18.8. The van der Waals surface area contributed by atoms with Gasteiger partial charge in [-0.05, 0) is 60.8 Å². The van der Waals surface area contributed by atoms with Gasteiger partial charge in [-0.2, -0.15) is 0 Å². The molecule has 0 aliphatic heterocycles. The van der Waals surface area contributed by atoms with Crippen LogP contribution in [0.25, 0.3) is 11.1 Å². The molecule has 4 aliphatic rings. The smallest absolute Gasteiger partial charge is 0.407 e. The van der Waals surface area contributed by atoms with Gasteiger partial charge in [-0.1, -0.05) is 48.5 Å². The Bertz CT molecular complexity index is 1060. The van der Waals surface area contributed by atoms with E-state index >= 15 is 0 Å². The second kappa shape index (κ2) is 8.76. The minimum atomic E-state index is -1.14. The zero-order valence-corrected chi connectivity index (χ0v) is 18.8. The monoisotopic (exact) mass is 464 g/mol. The number of nitrogens with one attached hydrogen (secondary N) is 2. The number of hydrogen-bond acceptors (Lipinski definition) is 5. The molecule has 0 saturated heterocycles. The van der Waals surface area contributed by atoms with Gasteiger partial charge in [0.25, 0.3) is 0 Å². The van der Waals surface area contributed by atoms with E-state index in [1.165, 1.54) is 22.3 Å². The van der Waals surface area contributed by atoms with Crippen LogP contribution in [0.3, 0.4) is 0 Å². The van der Waals surface area contributed by atoms with Gasteiger partial charge in [0.2, 0.25) is 5.91 Å². The number of rotatable bonds is 7. The average molecular weight is 465 g/mol. The van der Waals surface area contributed by atoms with Gasteiger partial charge in [0.05, 0.1) is 5.41 Å². The molecule has 178 valence electrons. The minimum Gasteiger partial charge on any atom is -0.479 e. The number of benzene rings is 2. The highest BCUT2D eigenvalue weighted by atomic mass is 16.7. The van der Waals surface area contributed by atoms with Crippen molar-refractivity contribution in [1.82, 2.24) is 10.8 Å². The Balaban J connectivity index is 1.17. The number of carbonyl (C=O) groups is 3. The van der Waals surface area contributed by atoms with Gasteiger partial charge >= 0.3 is 12.1 Å². The predicted molar refractivity (Wildman–Crippen MR) is 123 cm³/mol. The van der Waals surface area contributed by atoms with Crippen LogP contribution < -0.4 is 10.8 Å². The number of alkyl carbamates (subject to hydrolysis) is 1. The summed E-state index contributed by atoms with van der Waals surface area (Å²) in [5.74, 6) is -1.41. The van der Waals surface area contributed by atoms with Gasteiger partial charge in [0.15, 0.2) is 6.61 Å². The fourth-order valence-electron chi connectivity index (χ4n) is 5.84. The molecule has 0 unspecified atom stereocenters. The lowest BCUT2D eigenvalue weighted by Gasteiger charge is -2.52. The highest BCUT2D eigenvalue weighted by Gasteiger charge is 2.53. The van der Waals surface area contributed by atoms with Crippen LogP contribution in [0.15, 0.2) is 48.5 Å². The van der Waals surface area contributed by atoms with E-state index in [0.717, 1.165) is 0 Å². The SMILES string of the molecule is O=C(O)CONC(=O)C12CCC(NC(=O)OCC3c4ccccc4-c4ccccc43)(CC1)CC2. The highest BCUT2D eigenvalue weighted by Crippen LogP contribution is 2.52. The van der Waals surface area contributed by atoms with Crippen molar-refractivity contribution in [1.29, 1.82) is 0 Å². The van der Waals surface area contributed by atoms with E-state index in [9.17, 15) is 14.4 Å². The molecular formula is C26H28N2O6. The van der Waals surface area contributed by atoms with Crippen LogP contribution in [-0.2, 0) is 19.2 Å². The molecular weight excluding hydrogens is 436 g/mol. The molecule has 0 radical (unpaired) electrons. The Kier molecular flexibility index (Phi) is 5.77. The number of ether oxygens (including phenoxy) is 1. The van der Waals surface area contributed by atoms with Crippen LogP contribution in [0.2, 0.25) is 0 Å². The van der Waals surface area contributed by atoms with Crippen molar-refractivity contribution in [3.05, 3.63) is 59.7 Å². The summed E-state index contributed by atoms with van der Waals surface area (Å²) in [4.78, 5) is 40.8. The van der Waals surface area contributed by atoms with Crippen molar-refractivity contribution in [2.45, 2.75) is 50.0 Å². The molecule has 3 N–H and O–H groups in total. The standard InChI is InChI=1S/C26H28N2O6/c29-22(30)16-34-28-23(31)25-9-12-26(13-10-25,14-11-25)27-24(32)33-15-21-19-7-3-1-5-17(19)18-6-2-4-8-20(18)21/h1-8,21H,9-16H2,(H,27,32)(H,28,31)(H,29,30). The number of aliphatic carboxylic acids is 1. The van der Waals surface area contributed by atoms with Gasteiger partial charge in [-0.3, -0.25) is 9.63 Å². The first-order valence-corrected chi connectivity index (χ1v) is 11.7. The number of carbonyl (C=O) groups excluding carboxylic acids is 2. The molecule has 0 spiro atoms. The summed E-state index contributed by atoms with van der Waals surface area (Å²) < 4.78 is 5.73. The molecule has 2 aromatic rings. The maximum atomic E-state index is 12.8. The van der Waals surface area contributed by atoms with E-state index in [1.807, 2.05) is 24.3 Å². The third-order valence-corrected chi connectivity index (χ3v) is 7.80. The Hall–Kier alpha value is -3.39. The summed E-state index contributed by atoms with van der Waals surface area (Å²) in [7, 11) is 0. The van der Waals surface area contributed by atoms with Crippen LogP contribution in [0.1, 0.15) is 55.6 Å². The summed E-state index contributed by atoms with van der Waals surface area (Å²) in [6.45, 7) is -0.307. The summed E-state index contributed by atoms with van der Waals surface area (Å²) in [6, 6.07) is 16.5. The van der Waals surface area contributed by atoms with Crippen molar-refractivity contribution in [2.75, 3.05) is 13.2 Å². The maximum absolute atomic E-state index is 12.8. The second-order valence-corrected chi connectivity index (χ2v) is 9.62. The van der Waals surface area contributed by atoms with Crippen LogP contribution in [0, 0.1) is 5.41 Å². The average Bonchev–Trinajstić information content (AvgIpc) is 3.17. The topological polar surface area (TPSA) is 114 Å². The van der Waals surface area contributed by atoms with Crippen molar-refractivity contribution in [3.8, 4) is 11.1 Å². The Morgan fingerprint density at radius 3 is 2.00 bits per heavy atom. The van der Waals surface area contributed by atoms with E-state index in [4.69, 9.17) is 14.7 Å².